The van der Waals surface area contributed by atoms with Crippen LogP contribution in [0.25, 0.3) is 33.8 Å². The zero-order valence-corrected chi connectivity index (χ0v) is 21.6. The van der Waals surface area contributed by atoms with Crippen molar-refractivity contribution >= 4 is 28.5 Å². The van der Waals surface area contributed by atoms with Crippen molar-refractivity contribution in [2.45, 2.75) is 43.9 Å². The quantitative estimate of drug-likeness (QED) is 0.319. The molecule has 3 atom stereocenters. The molecular weight excluding hydrogens is 517 g/mol. The Hall–Kier alpha value is -4.08. The number of aromatic amines is 1. The minimum absolute atomic E-state index is 0.0500. The van der Waals surface area contributed by atoms with E-state index >= 15 is 4.39 Å². The Kier molecular flexibility index (Phi) is 5.71. The van der Waals surface area contributed by atoms with Crippen LogP contribution in [-0.2, 0) is 6.54 Å². The highest BCUT2D eigenvalue weighted by molar-refractivity contribution is 6.31. The van der Waals surface area contributed by atoms with E-state index in [1.807, 2.05) is 35.2 Å². The Morgan fingerprint density at radius 1 is 1.03 bits per heavy atom. The number of hydrogen-bond acceptors (Lipinski definition) is 5. The molecule has 3 heterocycles. The molecule has 0 unspecified atom stereocenters. The van der Waals surface area contributed by atoms with Crippen molar-refractivity contribution in [3.8, 4) is 22.8 Å². The fraction of sp³-hybridized carbons (Fsp3) is 0.241. The number of amides is 1. The lowest BCUT2D eigenvalue weighted by Crippen LogP contribution is -2.54. The van der Waals surface area contributed by atoms with Gasteiger partial charge in [0.2, 0.25) is 0 Å². The Morgan fingerprint density at radius 3 is 2.69 bits per heavy atom. The number of H-pyrrole nitrogens is 1. The number of nitrogens with two attached hydrogens (primary N) is 1. The van der Waals surface area contributed by atoms with Gasteiger partial charge in [0.1, 0.15) is 18.0 Å². The molecule has 1 fully saturated rings. The van der Waals surface area contributed by atoms with Gasteiger partial charge in [0, 0.05) is 34.8 Å². The number of imidazole rings is 1. The monoisotopic (exact) mass is 541 g/mol. The van der Waals surface area contributed by atoms with Crippen LogP contribution < -0.4 is 5.73 Å². The molecule has 2 aromatic heterocycles. The third kappa shape index (κ3) is 3.92. The SMILES string of the molecule is N[C@H]1[C@H](n2c(-c3ccccc3F)nc3ccc(-c4ncn[nH]4)cc32)CCC[C@@H]1N1Cc2ccc(Cl)cc2C1=O. The summed E-state index contributed by atoms with van der Waals surface area (Å²) < 4.78 is 17.2. The molecule has 1 amide bonds. The van der Waals surface area contributed by atoms with Gasteiger partial charge in [0.05, 0.1) is 22.6 Å². The van der Waals surface area contributed by atoms with Crippen LogP contribution in [0.2, 0.25) is 5.02 Å². The molecule has 1 aliphatic heterocycles. The molecular formula is C29H25ClFN7O. The minimum atomic E-state index is -0.399. The summed E-state index contributed by atoms with van der Waals surface area (Å²) in [5.74, 6) is 0.738. The summed E-state index contributed by atoms with van der Waals surface area (Å²) in [6.45, 7) is 0.497. The van der Waals surface area contributed by atoms with E-state index in [1.54, 1.807) is 24.3 Å². The van der Waals surface area contributed by atoms with E-state index in [2.05, 4.69) is 19.7 Å². The number of aromatic nitrogens is 5. The average molecular weight is 542 g/mol. The van der Waals surface area contributed by atoms with Gasteiger partial charge in [-0.3, -0.25) is 9.89 Å². The van der Waals surface area contributed by atoms with E-state index in [0.29, 0.717) is 34.3 Å². The van der Waals surface area contributed by atoms with E-state index in [1.165, 1.54) is 12.4 Å². The maximum Gasteiger partial charge on any atom is 0.254 e. The molecule has 0 radical (unpaired) electrons. The number of rotatable bonds is 4. The summed E-state index contributed by atoms with van der Waals surface area (Å²) in [4.78, 5) is 24.5. The first kappa shape index (κ1) is 24.0. The predicted molar refractivity (Wildman–Crippen MR) is 146 cm³/mol. The summed E-state index contributed by atoms with van der Waals surface area (Å²) in [5, 5.41) is 7.42. The van der Waals surface area contributed by atoms with Gasteiger partial charge in [-0.15, -0.1) is 0 Å². The maximum atomic E-state index is 15.1. The van der Waals surface area contributed by atoms with E-state index < -0.39 is 6.04 Å². The standard InChI is InChI=1S/C29H25ClFN7O/c30-18-10-8-17-14-37(29(39)20(17)13-18)23-6-3-7-24(26(23)32)38-25-12-16(27-33-15-34-36-27)9-11-22(25)35-28(38)19-4-1-2-5-21(19)31/h1-2,4-5,8-13,15,23-24,26H,3,6-7,14,32H2,(H,33,34,36)/t23-,24+,26+/m0/s1. The number of nitrogens with zero attached hydrogens (tertiary/aromatic N) is 5. The van der Waals surface area contributed by atoms with Crippen LogP contribution in [0.4, 0.5) is 4.39 Å². The lowest BCUT2D eigenvalue weighted by Gasteiger charge is -2.41. The second kappa shape index (κ2) is 9.29. The van der Waals surface area contributed by atoms with E-state index in [0.717, 1.165) is 41.4 Å². The van der Waals surface area contributed by atoms with Crippen LogP contribution in [0.3, 0.4) is 0 Å². The number of carbonyl (C=O) groups is 1. The minimum Gasteiger partial charge on any atom is -0.330 e. The molecule has 0 saturated heterocycles. The number of carbonyl (C=O) groups excluding carboxylic acids is 1. The molecule has 0 bridgehead atoms. The van der Waals surface area contributed by atoms with Crippen LogP contribution in [0, 0.1) is 5.82 Å². The second-order valence-corrected chi connectivity index (χ2v) is 10.6. The Balaban J connectivity index is 1.34. The summed E-state index contributed by atoms with van der Waals surface area (Å²) in [5.41, 5.74) is 11.4. The summed E-state index contributed by atoms with van der Waals surface area (Å²) in [6, 6.07) is 17.1. The first-order chi connectivity index (χ1) is 19.0. The molecule has 2 aliphatic rings. The predicted octanol–water partition coefficient (Wildman–Crippen LogP) is 5.36. The van der Waals surface area contributed by atoms with Gasteiger partial charge in [-0.25, -0.2) is 14.4 Å². The topological polar surface area (TPSA) is 106 Å². The van der Waals surface area contributed by atoms with Gasteiger partial charge in [0.15, 0.2) is 5.82 Å². The molecule has 7 rings (SSSR count). The third-order valence-electron chi connectivity index (χ3n) is 8.02. The van der Waals surface area contributed by atoms with Gasteiger partial charge < -0.3 is 15.2 Å². The van der Waals surface area contributed by atoms with E-state index in [4.69, 9.17) is 22.3 Å². The summed E-state index contributed by atoms with van der Waals surface area (Å²) in [6.07, 6.45) is 3.89. The highest BCUT2D eigenvalue weighted by atomic mass is 35.5. The molecule has 3 aromatic carbocycles. The Labute approximate surface area is 228 Å². The van der Waals surface area contributed by atoms with Gasteiger partial charge >= 0.3 is 0 Å². The molecule has 0 spiro atoms. The molecule has 10 heteroatoms. The van der Waals surface area contributed by atoms with Crippen LogP contribution in [0.1, 0.15) is 41.2 Å². The molecule has 39 heavy (non-hydrogen) atoms. The van der Waals surface area contributed by atoms with E-state index in [9.17, 15) is 4.79 Å². The lowest BCUT2D eigenvalue weighted by atomic mass is 9.85. The molecule has 1 aliphatic carbocycles. The lowest BCUT2D eigenvalue weighted by molar-refractivity contribution is 0.0586. The van der Waals surface area contributed by atoms with Crippen molar-refractivity contribution in [2.24, 2.45) is 5.73 Å². The summed E-state index contributed by atoms with van der Waals surface area (Å²) >= 11 is 6.19. The fourth-order valence-electron chi connectivity index (χ4n) is 6.16. The van der Waals surface area contributed by atoms with Gasteiger partial charge in [-0.1, -0.05) is 29.8 Å². The first-order valence-electron chi connectivity index (χ1n) is 13.0. The van der Waals surface area contributed by atoms with E-state index in [-0.39, 0.29) is 23.8 Å². The summed E-state index contributed by atoms with van der Waals surface area (Å²) in [7, 11) is 0. The van der Waals surface area contributed by atoms with Crippen LogP contribution >= 0.6 is 11.6 Å². The van der Waals surface area contributed by atoms with Crippen LogP contribution in [0.5, 0.6) is 0 Å². The number of fused-ring (bicyclic) bond motifs is 2. The molecule has 8 nitrogen and oxygen atoms in total. The fourth-order valence-corrected chi connectivity index (χ4v) is 6.33. The number of nitrogens with one attached hydrogen (secondary N) is 1. The number of benzene rings is 3. The molecule has 1 saturated carbocycles. The highest BCUT2D eigenvalue weighted by Gasteiger charge is 2.42. The Morgan fingerprint density at radius 2 is 1.87 bits per heavy atom. The van der Waals surface area contributed by atoms with Crippen molar-refractivity contribution in [1.82, 2.24) is 29.6 Å². The van der Waals surface area contributed by atoms with Crippen molar-refractivity contribution in [3.63, 3.8) is 0 Å². The molecule has 5 aromatic rings. The van der Waals surface area contributed by atoms with Crippen LogP contribution in [-0.4, -0.2) is 47.6 Å². The van der Waals surface area contributed by atoms with Crippen molar-refractivity contribution < 1.29 is 9.18 Å². The third-order valence-corrected chi connectivity index (χ3v) is 8.25. The van der Waals surface area contributed by atoms with Crippen molar-refractivity contribution in [1.29, 1.82) is 0 Å². The largest absolute Gasteiger partial charge is 0.330 e. The maximum absolute atomic E-state index is 15.1. The molecule has 3 N–H and O–H groups in total. The second-order valence-electron chi connectivity index (χ2n) is 10.2. The van der Waals surface area contributed by atoms with Crippen molar-refractivity contribution in [2.75, 3.05) is 0 Å². The van der Waals surface area contributed by atoms with Crippen molar-refractivity contribution in [3.05, 3.63) is 89.0 Å². The normalized spacial score (nSPS) is 21.1. The van der Waals surface area contributed by atoms with Gasteiger partial charge in [-0.05, 0) is 67.3 Å². The number of hydrogen-bond donors (Lipinski definition) is 2. The molecule has 196 valence electrons. The number of halogens is 2. The average Bonchev–Trinajstić information content (AvgIpc) is 3.67. The van der Waals surface area contributed by atoms with Crippen LogP contribution in [0.15, 0.2) is 67.0 Å². The Bertz CT molecular complexity index is 1720. The zero-order valence-electron chi connectivity index (χ0n) is 20.9. The zero-order chi connectivity index (χ0) is 26.7. The van der Waals surface area contributed by atoms with Gasteiger partial charge in [-0.2, -0.15) is 5.10 Å². The first-order valence-corrected chi connectivity index (χ1v) is 13.3. The highest BCUT2D eigenvalue weighted by Crippen LogP contribution is 2.40. The van der Waals surface area contributed by atoms with Gasteiger partial charge in [0.25, 0.3) is 5.91 Å². The smallest absolute Gasteiger partial charge is 0.254 e.